The van der Waals surface area contributed by atoms with E-state index in [1.807, 2.05) is 6.08 Å². The molecule has 2 aliphatic carbocycles. The van der Waals surface area contributed by atoms with Gasteiger partial charge in [0.2, 0.25) is 11.8 Å². The summed E-state index contributed by atoms with van der Waals surface area (Å²) in [4.78, 5) is 71.9. The van der Waals surface area contributed by atoms with E-state index in [9.17, 15) is 28.7 Å². The number of phenols is 1. The highest BCUT2D eigenvalue weighted by atomic mass is 35.5. The van der Waals surface area contributed by atoms with E-state index in [1.165, 1.54) is 42.2 Å². The second-order valence-electron chi connectivity index (χ2n) is 14.1. The second-order valence-corrected chi connectivity index (χ2v) is 14.6. The van der Waals surface area contributed by atoms with Gasteiger partial charge in [-0.1, -0.05) is 41.4 Å². The first-order valence-corrected chi connectivity index (χ1v) is 18.1. The summed E-state index contributed by atoms with van der Waals surface area (Å²) >= 11 is 6.37. The lowest BCUT2D eigenvalue weighted by Gasteiger charge is -2.50. The number of rotatable bonds is 8. The standard InChI is InChI=1S/C42H35ClFN3O7/c1-3-54-35-20-24(6-19-34(35)49)37-30-17-18-31-36(40(52)46(38(31)50)29-15-4-23(5-16-29)22(2)48)32(30)21-33-39(51)47(45-28-13-11-27(44)12-14-28)41(53)42(33,37)25-7-9-26(43)10-8-25/h4-17,19-20,31-33,36-37,45,49H,3,18,21H2,1-2H3. The third-order valence-corrected chi connectivity index (χ3v) is 11.7. The predicted molar refractivity (Wildman–Crippen MR) is 197 cm³/mol. The first-order chi connectivity index (χ1) is 25.9. The van der Waals surface area contributed by atoms with Crippen LogP contribution in [0.3, 0.4) is 0 Å². The summed E-state index contributed by atoms with van der Waals surface area (Å²) in [6.07, 6.45) is 2.20. The Bertz CT molecular complexity index is 2260. The molecule has 2 saturated heterocycles. The van der Waals surface area contributed by atoms with E-state index >= 15 is 4.79 Å². The van der Waals surface area contributed by atoms with Crippen molar-refractivity contribution in [1.82, 2.24) is 5.01 Å². The number of hydrogen-bond donors (Lipinski definition) is 2. The fourth-order valence-corrected chi connectivity index (χ4v) is 9.24. The van der Waals surface area contributed by atoms with Gasteiger partial charge < -0.3 is 9.84 Å². The van der Waals surface area contributed by atoms with Crippen molar-refractivity contribution in [2.75, 3.05) is 16.9 Å². The maximum atomic E-state index is 15.3. The van der Waals surface area contributed by atoms with E-state index in [0.717, 1.165) is 10.6 Å². The summed E-state index contributed by atoms with van der Waals surface area (Å²) in [5, 5.41) is 12.2. The van der Waals surface area contributed by atoms with Gasteiger partial charge in [0.25, 0.3) is 11.8 Å². The topological polar surface area (TPSA) is 133 Å². The van der Waals surface area contributed by atoms with Crippen molar-refractivity contribution < 1.29 is 38.2 Å². The maximum absolute atomic E-state index is 15.3. The minimum Gasteiger partial charge on any atom is -0.504 e. The van der Waals surface area contributed by atoms with Gasteiger partial charge in [0.1, 0.15) is 5.82 Å². The van der Waals surface area contributed by atoms with Gasteiger partial charge in [0, 0.05) is 16.5 Å². The molecule has 0 spiro atoms. The Labute approximate surface area is 315 Å². The molecule has 54 heavy (non-hydrogen) atoms. The zero-order valence-electron chi connectivity index (χ0n) is 29.3. The number of allylic oxidation sites excluding steroid dienone is 2. The van der Waals surface area contributed by atoms with Crippen LogP contribution in [0.2, 0.25) is 5.02 Å². The third kappa shape index (κ3) is 5.32. The van der Waals surface area contributed by atoms with E-state index in [0.29, 0.717) is 33.1 Å². The molecule has 274 valence electrons. The number of imide groups is 2. The maximum Gasteiger partial charge on any atom is 0.260 e. The Morgan fingerprint density at radius 1 is 0.926 bits per heavy atom. The number of hydrogen-bond acceptors (Lipinski definition) is 8. The van der Waals surface area contributed by atoms with Gasteiger partial charge in [-0.2, -0.15) is 5.01 Å². The number of benzene rings is 4. The molecule has 3 fully saturated rings. The molecule has 4 aliphatic rings. The molecule has 4 aromatic rings. The summed E-state index contributed by atoms with van der Waals surface area (Å²) in [7, 11) is 0. The van der Waals surface area contributed by atoms with Gasteiger partial charge in [-0.05, 0) is 117 Å². The van der Waals surface area contributed by atoms with Crippen molar-refractivity contribution >= 4 is 52.4 Å². The van der Waals surface area contributed by atoms with Gasteiger partial charge in [-0.15, -0.1) is 0 Å². The lowest BCUT2D eigenvalue weighted by atomic mass is 9.49. The molecule has 1 saturated carbocycles. The quantitative estimate of drug-likeness (QED) is 0.112. The van der Waals surface area contributed by atoms with Crippen molar-refractivity contribution in [1.29, 1.82) is 0 Å². The minimum absolute atomic E-state index is 0.0603. The fraction of sp³-hybridized carbons (Fsp3) is 0.262. The van der Waals surface area contributed by atoms with E-state index in [-0.39, 0.29) is 42.6 Å². The smallest absolute Gasteiger partial charge is 0.260 e. The number of fused-ring (bicyclic) bond motifs is 4. The molecule has 2 N–H and O–H groups in total. The molecular weight excluding hydrogens is 713 g/mol. The normalized spacial score (nSPS) is 25.9. The molecule has 2 heterocycles. The monoisotopic (exact) mass is 747 g/mol. The molecule has 6 atom stereocenters. The predicted octanol–water partition coefficient (Wildman–Crippen LogP) is 6.98. The van der Waals surface area contributed by atoms with E-state index in [1.54, 1.807) is 67.6 Å². The number of hydrazine groups is 1. The van der Waals surface area contributed by atoms with Crippen LogP contribution in [0.1, 0.15) is 54.1 Å². The summed E-state index contributed by atoms with van der Waals surface area (Å²) < 4.78 is 19.7. The molecule has 12 heteroatoms. The molecule has 6 unspecified atom stereocenters. The number of Topliss-reactive ketones (excluding diaryl/α,β-unsaturated/α-hetero) is 1. The number of amides is 4. The number of anilines is 2. The van der Waals surface area contributed by atoms with Crippen molar-refractivity contribution in [3.8, 4) is 11.5 Å². The molecule has 0 radical (unpaired) electrons. The number of carbonyl (C=O) groups excluding carboxylic acids is 5. The van der Waals surface area contributed by atoms with Gasteiger partial charge in [0.05, 0.1) is 41.2 Å². The Balaban J connectivity index is 1.31. The first-order valence-electron chi connectivity index (χ1n) is 17.8. The molecular formula is C42H35ClFN3O7. The van der Waals surface area contributed by atoms with Gasteiger partial charge >= 0.3 is 0 Å². The third-order valence-electron chi connectivity index (χ3n) is 11.4. The van der Waals surface area contributed by atoms with Crippen LogP contribution in [-0.2, 0) is 24.6 Å². The number of halogens is 2. The molecule has 10 nitrogen and oxygen atoms in total. The lowest BCUT2D eigenvalue weighted by Crippen LogP contribution is -2.53. The van der Waals surface area contributed by atoms with Crippen molar-refractivity contribution in [2.24, 2.45) is 23.7 Å². The van der Waals surface area contributed by atoms with Crippen molar-refractivity contribution in [3.05, 3.63) is 130 Å². The first kappa shape index (κ1) is 35.2. The van der Waals surface area contributed by atoms with E-state index < -0.39 is 58.5 Å². The minimum atomic E-state index is -1.59. The van der Waals surface area contributed by atoms with Crippen LogP contribution in [0.25, 0.3) is 0 Å². The van der Waals surface area contributed by atoms with Crippen LogP contribution >= 0.6 is 11.6 Å². The van der Waals surface area contributed by atoms with Gasteiger partial charge in [-0.25, -0.2) is 4.39 Å². The molecule has 4 amide bonds. The summed E-state index contributed by atoms with van der Waals surface area (Å²) in [5.41, 5.74) is 4.23. The highest BCUT2D eigenvalue weighted by Gasteiger charge is 2.70. The largest absolute Gasteiger partial charge is 0.504 e. The van der Waals surface area contributed by atoms with Crippen LogP contribution in [0.15, 0.2) is 103 Å². The van der Waals surface area contributed by atoms with Crippen LogP contribution in [0, 0.1) is 29.5 Å². The number of nitrogens with zero attached hydrogens (tertiary/aromatic N) is 2. The summed E-state index contributed by atoms with van der Waals surface area (Å²) in [5.74, 6) is -6.61. The van der Waals surface area contributed by atoms with Crippen molar-refractivity contribution in [2.45, 2.75) is 38.0 Å². The van der Waals surface area contributed by atoms with Crippen LogP contribution in [0.4, 0.5) is 15.8 Å². The number of aromatic hydroxyl groups is 1. The number of nitrogens with one attached hydrogen (secondary N) is 1. The Morgan fingerprint density at radius 2 is 1.63 bits per heavy atom. The molecule has 0 aromatic heterocycles. The highest BCUT2D eigenvalue weighted by Crippen LogP contribution is 2.64. The summed E-state index contributed by atoms with van der Waals surface area (Å²) in [6, 6.07) is 23.2. The lowest BCUT2D eigenvalue weighted by molar-refractivity contribution is -0.138. The van der Waals surface area contributed by atoms with E-state index in [4.69, 9.17) is 16.3 Å². The summed E-state index contributed by atoms with van der Waals surface area (Å²) in [6.45, 7) is 3.45. The Hall–Kier alpha value is -5.81. The number of carbonyl (C=O) groups is 5. The van der Waals surface area contributed by atoms with Crippen LogP contribution in [-0.4, -0.2) is 46.1 Å². The highest BCUT2D eigenvalue weighted by molar-refractivity contribution is 6.30. The number of ether oxygens (including phenoxy) is 1. The zero-order chi connectivity index (χ0) is 38.1. The fourth-order valence-electron chi connectivity index (χ4n) is 9.11. The average Bonchev–Trinajstić information content (AvgIpc) is 3.54. The Morgan fingerprint density at radius 3 is 2.30 bits per heavy atom. The van der Waals surface area contributed by atoms with Crippen LogP contribution in [0.5, 0.6) is 11.5 Å². The SMILES string of the molecule is CCOc1cc(C2C3=CCC4C(=O)N(c5ccc(C(C)=O)cc5)C(=O)C4C3CC3C(=O)N(Nc4ccc(F)cc4)C(=O)C32c2ccc(Cl)cc2)ccc1O. The average molecular weight is 748 g/mol. The zero-order valence-corrected chi connectivity index (χ0v) is 30.0. The second kappa shape index (κ2) is 13.2. The molecule has 8 rings (SSSR count). The van der Waals surface area contributed by atoms with Gasteiger partial charge in [0.15, 0.2) is 17.3 Å². The molecule has 0 bridgehead atoms. The van der Waals surface area contributed by atoms with Gasteiger partial charge in [-0.3, -0.25) is 34.3 Å². The molecule has 2 aliphatic heterocycles. The van der Waals surface area contributed by atoms with Crippen LogP contribution < -0.4 is 15.1 Å². The van der Waals surface area contributed by atoms with E-state index in [2.05, 4.69) is 5.43 Å². The Kier molecular flexibility index (Phi) is 8.64. The number of phenolic OH excluding ortho intramolecular Hbond substituents is 1. The molecule has 4 aromatic carbocycles. The number of ketones is 1. The van der Waals surface area contributed by atoms with Crippen molar-refractivity contribution in [3.63, 3.8) is 0 Å².